The van der Waals surface area contributed by atoms with Crippen molar-refractivity contribution in [2.45, 2.75) is 52.4 Å². The molecule has 9 nitrogen and oxygen atoms in total. The zero-order valence-corrected chi connectivity index (χ0v) is 26.8. The number of unbranched alkanes of at least 4 members (excludes halogenated alkanes) is 2. The summed E-state index contributed by atoms with van der Waals surface area (Å²) in [5.41, 5.74) is 6.26. The molecule has 0 fully saturated rings. The van der Waals surface area contributed by atoms with Crippen LogP contribution in [-0.4, -0.2) is 42.2 Å². The van der Waals surface area contributed by atoms with Gasteiger partial charge in [0, 0.05) is 18.8 Å². The van der Waals surface area contributed by atoms with Gasteiger partial charge in [-0.1, -0.05) is 75.2 Å². The lowest BCUT2D eigenvalue weighted by Gasteiger charge is -2.30. The van der Waals surface area contributed by atoms with Crippen LogP contribution in [0, 0.1) is 0 Å². The summed E-state index contributed by atoms with van der Waals surface area (Å²) in [4.78, 5) is 59.1. The SMILES string of the molecule is CCCCN(CCCC)C(=O)N(C(=O)Nc1ccc(Cc2ccc(N=C=O)cc2)cc1)c1ccc(Cc2ccc(N=C=O)cc2)cc1. The Kier molecular flexibility index (Phi) is 12.9. The normalized spacial score (nSPS) is 10.3. The van der Waals surface area contributed by atoms with E-state index < -0.39 is 6.03 Å². The summed E-state index contributed by atoms with van der Waals surface area (Å²) < 4.78 is 0. The molecule has 0 heterocycles. The van der Waals surface area contributed by atoms with Gasteiger partial charge in [-0.05, 0) is 96.5 Å². The van der Waals surface area contributed by atoms with Crippen LogP contribution in [0.15, 0.2) is 107 Å². The highest BCUT2D eigenvalue weighted by molar-refractivity contribution is 6.17. The number of anilines is 2. The van der Waals surface area contributed by atoms with Crippen molar-refractivity contribution in [3.8, 4) is 0 Å². The van der Waals surface area contributed by atoms with Gasteiger partial charge in [-0.15, -0.1) is 0 Å². The predicted molar refractivity (Wildman–Crippen MR) is 185 cm³/mol. The molecule has 240 valence electrons. The molecule has 4 rings (SSSR count). The van der Waals surface area contributed by atoms with Crippen molar-refractivity contribution < 1.29 is 19.2 Å². The predicted octanol–water partition coefficient (Wildman–Crippen LogP) is 8.86. The van der Waals surface area contributed by atoms with Crippen molar-refractivity contribution in [1.82, 2.24) is 4.90 Å². The molecule has 0 spiro atoms. The van der Waals surface area contributed by atoms with Crippen LogP contribution >= 0.6 is 0 Å². The number of carbonyl (C=O) groups excluding carboxylic acids is 4. The second-order valence-electron chi connectivity index (χ2n) is 11.2. The van der Waals surface area contributed by atoms with Crippen LogP contribution in [0.5, 0.6) is 0 Å². The number of isocyanates is 2. The number of benzene rings is 4. The summed E-state index contributed by atoms with van der Waals surface area (Å²) in [5, 5.41) is 2.93. The fourth-order valence-corrected chi connectivity index (χ4v) is 5.06. The molecule has 0 bridgehead atoms. The van der Waals surface area contributed by atoms with Gasteiger partial charge in [-0.25, -0.2) is 24.1 Å². The monoisotopic (exact) mass is 629 g/mol. The molecule has 0 radical (unpaired) electrons. The van der Waals surface area contributed by atoms with Crippen molar-refractivity contribution in [3.05, 3.63) is 119 Å². The Balaban J connectivity index is 1.53. The summed E-state index contributed by atoms with van der Waals surface area (Å²) in [6.07, 6.45) is 7.93. The Bertz CT molecular complexity index is 1700. The van der Waals surface area contributed by atoms with Crippen LogP contribution < -0.4 is 10.2 Å². The molecule has 0 saturated heterocycles. The number of hydrogen-bond donors (Lipinski definition) is 1. The van der Waals surface area contributed by atoms with E-state index in [0.29, 0.717) is 48.7 Å². The van der Waals surface area contributed by atoms with Crippen LogP contribution in [-0.2, 0) is 22.4 Å². The number of hydrogen-bond acceptors (Lipinski definition) is 6. The molecule has 0 aliphatic heterocycles. The van der Waals surface area contributed by atoms with E-state index in [-0.39, 0.29) is 6.03 Å². The van der Waals surface area contributed by atoms with E-state index in [0.717, 1.165) is 47.9 Å². The van der Waals surface area contributed by atoms with Crippen molar-refractivity contribution in [2.24, 2.45) is 9.98 Å². The number of urea groups is 2. The van der Waals surface area contributed by atoms with Gasteiger partial charge in [-0.3, -0.25) is 0 Å². The molecule has 0 atom stereocenters. The van der Waals surface area contributed by atoms with E-state index in [9.17, 15) is 19.2 Å². The fraction of sp³-hybridized carbons (Fsp3) is 0.263. The Morgan fingerprint density at radius 3 is 1.43 bits per heavy atom. The minimum atomic E-state index is -0.536. The lowest BCUT2D eigenvalue weighted by molar-refractivity contribution is 0.202. The maximum Gasteiger partial charge on any atom is 0.334 e. The molecular weight excluding hydrogens is 590 g/mol. The lowest BCUT2D eigenvalue weighted by atomic mass is 10.0. The van der Waals surface area contributed by atoms with Gasteiger partial charge in [0.25, 0.3) is 0 Å². The highest BCUT2D eigenvalue weighted by atomic mass is 16.2. The topological polar surface area (TPSA) is 112 Å². The Morgan fingerprint density at radius 1 is 0.617 bits per heavy atom. The molecule has 0 unspecified atom stereocenters. The van der Waals surface area contributed by atoms with Gasteiger partial charge in [0.1, 0.15) is 0 Å². The summed E-state index contributed by atoms with van der Waals surface area (Å²) >= 11 is 0. The first-order valence-electron chi connectivity index (χ1n) is 15.9. The molecule has 1 N–H and O–H groups in total. The zero-order valence-electron chi connectivity index (χ0n) is 26.8. The summed E-state index contributed by atoms with van der Waals surface area (Å²) in [6, 6.07) is 28.7. The molecule has 9 heteroatoms. The van der Waals surface area contributed by atoms with E-state index in [1.54, 1.807) is 53.5 Å². The molecule has 4 amide bonds. The first-order valence-corrected chi connectivity index (χ1v) is 15.9. The van der Waals surface area contributed by atoms with Crippen LogP contribution in [0.25, 0.3) is 0 Å². The number of carbonyl (C=O) groups is 2. The number of nitrogens with zero attached hydrogens (tertiary/aromatic N) is 4. The van der Waals surface area contributed by atoms with Crippen molar-refractivity contribution >= 4 is 47.0 Å². The molecule has 4 aromatic rings. The number of amides is 4. The van der Waals surface area contributed by atoms with Crippen LogP contribution in [0.4, 0.5) is 32.3 Å². The van der Waals surface area contributed by atoms with E-state index in [4.69, 9.17) is 0 Å². The molecule has 0 aliphatic rings. The van der Waals surface area contributed by atoms with E-state index in [1.165, 1.54) is 4.90 Å². The molecule has 0 aliphatic carbocycles. The smallest absolute Gasteiger partial charge is 0.324 e. The highest BCUT2D eigenvalue weighted by Gasteiger charge is 2.28. The molecule has 0 aromatic heterocycles. The lowest BCUT2D eigenvalue weighted by Crippen LogP contribution is -2.49. The second-order valence-corrected chi connectivity index (χ2v) is 11.2. The van der Waals surface area contributed by atoms with E-state index in [2.05, 4.69) is 29.1 Å². The fourth-order valence-electron chi connectivity index (χ4n) is 5.06. The van der Waals surface area contributed by atoms with Gasteiger partial charge < -0.3 is 10.2 Å². The minimum absolute atomic E-state index is 0.359. The van der Waals surface area contributed by atoms with Crippen molar-refractivity contribution in [1.29, 1.82) is 0 Å². The first kappa shape index (κ1) is 34.3. The quantitative estimate of drug-likeness (QED) is 0.111. The summed E-state index contributed by atoms with van der Waals surface area (Å²) in [7, 11) is 0. The van der Waals surface area contributed by atoms with E-state index >= 15 is 0 Å². The molecule has 0 saturated carbocycles. The van der Waals surface area contributed by atoms with Gasteiger partial charge in [0.05, 0.1) is 17.1 Å². The number of aliphatic imine (C=N–C) groups is 2. The second kappa shape index (κ2) is 17.8. The third-order valence-electron chi connectivity index (χ3n) is 7.67. The average Bonchev–Trinajstić information content (AvgIpc) is 3.08. The summed E-state index contributed by atoms with van der Waals surface area (Å²) in [6.45, 7) is 5.29. The Morgan fingerprint density at radius 2 is 1.02 bits per heavy atom. The standard InChI is InChI=1S/C38H39N5O4/c1-3-5-23-42(24-6-4-2)38(47)43(36-21-13-32(14-22-36)26-30-9-17-34(18-10-30)40-28-45)37(46)41-35-19-11-31(12-20-35)25-29-7-15-33(16-8-29)39-27-44/h7-22H,3-6,23-26H2,1-2H3,(H,41,46). The largest absolute Gasteiger partial charge is 0.334 e. The first-order chi connectivity index (χ1) is 22.9. The third-order valence-corrected chi connectivity index (χ3v) is 7.67. The van der Waals surface area contributed by atoms with Gasteiger partial charge in [0.15, 0.2) is 0 Å². The zero-order chi connectivity index (χ0) is 33.4. The third kappa shape index (κ3) is 10.2. The maximum atomic E-state index is 14.0. The van der Waals surface area contributed by atoms with E-state index in [1.807, 2.05) is 60.7 Å². The van der Waals surface area contributed by atoms with Crippen LogP contribution in [0.2, 0.25) is 0 Å². The van der Waals surface area contributed by atoms with Crippen LogP contribution in [0.1, 0.15) is 61.8 Å². The number of imide groups is 1. The maximum absolute atomic E-state index is 14.0. The highest BCUT2D eigenvalue weighted by Crippen LogP contribution is 2.23. The Labute approximate surface area is 275 Å². The van der Waals surface area contributed by atoms with Crippen molar-refractivity contribution in [3.63, 3.8) is 0 Å². The molecule has 4 aromatic carbocycles. The molecule has 47 heavy (non-hydrogen) atoms. The van der Waals surface area contributed by atoms with Gasteiger partial charge in [-0.2, -0.15) is 9.98 Å². The van der Waals surface area contributed by atoms with Crippen LogP contribution in [0.3, 0.4) is 0 Å². The molecular formula is C38H39N5O4. The number of nitrogens with one attached hydrogen (secondary N) is 1. The Hall–Kier alpha value is -5.62. The van der Waals surface area contributed by atoms with Crippen molar-refractivity contribution in [2.75, 3.05) is 23.3 Å². The number of rotatable bonds is 14. The average molecular weight is 630 g/mol. The summed E-state index contributed by atoms with van der Waals surface area (Å²) in [5.74, 6) is 0. The van der Waals surface area contributed by atoms with Gasteiger partial charge >= 0.3 is 12.1 Å². The minimum Gasteiger partial charge on any atom is -0.324 e. The van der Waals surface area contributed by atoms with Gasteiger partial charge in [0.2, 0.25) is 12.2 Å².